The summed E-state index contributed by atoms with van der Waals surface area (Å²) in [5.41, 5.74) is 0. The predicted molar refractivity (Wildman–Crippen MR) is 124 cm³/mol. The fourth-order valence-electron chi connectivity index (χ4n) is 3.99. The van der Waals surface area contributed by atoms with Crippen molar-refractivity contribution < 1.29 is 4.84 Å². The molecule has 0 aromatic carbocycles. The lowest BCUT2D eigenvalue weighted by atomic mass is 10.0. The molecule has 1 rings (SSSR count). The van der Waals surface area contributed by atoms with Crippen LogP contribution in [0, 0.1) is 0 Å². The van der Waals surface area contributed by atoms with Gasteiger partial charge in [-0.05, 0) is 18.6 Å². The average molecular weight is 392 g/mol. The van der Waals surface area contributed by atoms with E-state index in [-0.39, 0.29) is 0 Å². The summed E-state index contributed by atoms with van der Waals surface area (Å²) in [6, 6.07) is 0. The smallest absolute Gasteiger partial charge is 0.119 e. The predicted octanol–water partition coefficient (Wildman–Crippen LogP) is 9.08. The van der Waals surface area contributed by atoms with E-state index in [1.807, 2.05) is 23.4 Å². The molecule has 0 bridgehead atoms. The normalized spacial score (nSPS) is 13.2. The summed E-state index contributed by atoms with van der Waals surface area (Å²) in [5.74, 6) is 0. The lowest BCUT2D eigenvalue weighted by Gasteiger charge is -2.19. The van der Waals surface area contributed by atoms with Crippen LogP contribution in [0.5, 0.6) is 0 Å². The lowest BCUT2D eigenvalue weighted by Crippen LogP contribution is -2.17. The Kier molecular flexibility index (Phi) is 18.7. The number of hydroxylamine groups is 2. The van der Waals surface area contributed by atoms with E-state index < -0.39 is 0 Å². The Morgan fingerprint density at radius 2 is 0.893 bits per heavy atom. The molecule has 164 valence electrons. The Morgan fingerprint density at radius 1 is 0.500 bits per heavy atom. The van der Waals surface area contributed by atoms with E-state index in [4.69, 9.17) is 4.84 Å². The van der Waals surface area contributed by atoms with Gasteiger partial charge in [0.25, 0.3) is 0 Å². The van der Waals surface area contributed by atoms with Gasteiger partial charge >= 0.3 is 0 Å². The molecule has 0 unspecified atom stereocenters. The van der Waals surface area contributed by atoms with E-state index >= 15 is 0 Å². The van der Waals surface area contributed by atoms with Crippen molar-refractivity contribution in [3.8, 4) is 0 Å². The highest BCUT2D eigenvalue weighted by Crippen LogP contribution is 2.15. The van der Waals surface area contributed by atoms with Crippen molar-refractivity contribution in [2.75, 3.05) is 6.54 Å². The van der Waals surface area contributed by atoms with Crippen LogP contribution in [0.25, 0.3) is 0 Å². The number of unbranched alkanes of at least 4 members (excludes halogenated alkanes) is 19. The minimum absolute atomic E-state index is 1.01. The SMILES string of the molecule is CCCCCCCCCCCCCCCCCCCCCCN1C=CC=CO1. The highest BCUT2D eigenvalue weighted by atomic mass is 16.7. The first kappa shape index (κ1) is 25.1. The largest absolute Gasteiger partial charge is 0.388 e. The molecule has 2 nitrogen and oxygen atoms in total. The summed E-state index contributed by atoms with van der Waals surface area (Å²) in [6.45, 7) is 3.31. The van der Waals surface area contributed by atoms with Crippen molar-refractivity contribution in [3.05, 3.63) is 24.6 Å². The van der Waals surface area contributed by atoms with Crippen molar-refractivity contribution in [3.63, 3.8) is 0 Å². The molecule has 0 spiro atoms. The van der Waals surface area contributed by atoms with E-state index in [1.165, 1.54) is 128 Å². The number of allylic oxidation sites excluding steroid dienone is 2. The maximum atomic E-state index is 5.38. The first-order valence-electron chi connectivity index (χ1n) is 12.7. The minimum atomic E-state index is 1.01. The maximum Gasteiger partial charge on any atom is 0.119 e. The van der Waals surface area contributed by atoms with Gasteiger partial charge in [-0.1, -0.05) is 129 Å². The first-order chi connectivity index (χ1) is 13.9. The second-order valence-corrected chi connectivity index (χ2v) is 8.63. The summed E-state index contributed by atoms with van der Waals surface area (Å²) in [6.07, 6.45) is 36.4. The van der Waals surface area contributed by atoms with Gasteiger partial charge in [0.05, 0.1) is 6.54 Å². The Hall–Kier alpha value is -0.920. The molecule has 0 radical (unpaired) electrons. The summed E-state index contributed by atoms with van der Waals surface area (Å²) >= 11 is 0. The van der Waals surface area contributed by atoms with Crippen LogP contribution in [0.15, 0.2) is 24.6 Å². The molecule has 1 aliphatic heterocycles. The molecule has 0 atom stereocenters. The van der Waals surface area contributed by atoms with Gasteiger partial charge in [-0.3, -0.25) is 0 Å². The topological polar surface area (TPSA) is 12.5 Å². The van der Waals surface area contributed by atoms with Crippen molar-refractivity contribution >= 4 is 0 Å². The molecule has 0 aliphatic carbocycles. The third-order valence-corrected chi connectivity index (χ3v) is 5.87. The van der Waals surface area contributed by atoms with Crippen molar-refractivity contribution in [2.45, 2.75) is 135 Å². The maximum absolute atomic E-state index is 5.38. The molecule has 0 saturated carbocycles. The summed E-state index contributed by atoms with van der Waals surface area (Å²) < 4.78 is 0. The number of rotatable bonds is 21. The number of nitrogens with zero attached hydrogens (tertiary/aromatic N) is 1. The number of hydrogen-bond donors (Lipinski definition) is 0. The van der Waals surface area contributed by atoms with Gasteiger partial charge in [-0.2, -0.15) is 0 Å². The zero-order chi connectivity index (χ0) is 20.0. The van der Waals surface area contributed by atoms with E-state index in [9.17, 15) is 0 Å². The zero-order valence-electron chi connectivity index (χ0n) is 19.0. The summed E-state index contributed by atoms with van der Waals surface area (Å²) in [7, 11) is 0. The first-order valence-corrected chi connectivity index (χ1v) is 12.7. The highest BCUT2D eigenvalue weighted by Gasteiger charge is 2.00. The van der Waals surface area contributed by atoms with Gasteiger partial charge < -0.3 is 4.84 Å². The van der Waals surface area contributed by atoms with Crippen LogP contribution in [-0.4, -0.2) is 11.6 Å². The van der Waals surface area contributed by atoms with Gasteiger partial charge in [0.2, 0.25) is 0 Å². The van der Waals surface area contributed by atoms with E-state index in [1.54, 1.807) is 6.26 Å². The van der Waals surface area contributed by atoms with Crippen LogP contribution in [0.4, 0.5) is 0 Å². The van der Waals surface area contributed by atoms with E-state index in [0.29, 0.717) is 0 Å². The molecule has 0 saturated heterocycles. The minimum Gasteiger partial charge on any atom is -0.388 e. The molecule has 1 heterocycles. The van der Waals surface area contributed by atoms with Gasteiger partial charge in [-0.25, -0.2) is 5.06 Å². The average Bonchev–Trinajstić information content (AvgIpc) is 2.73. The zero-order valence-corrected chi connectivity index (χ0v) is 19.0. The van der Waals surface area contributed by atoms with E-state index in [2.05, 4.69) is 6.92 Å². The molecule has 0 amide bonds. The molecular formula is C26H49NO. The molecular weight excluding hydrogens is 342 g/mol. The van der Waals surface area contributed by atoms with Crippen LogP contribution in [0.1, 0.15) is 135 Å². The van der Waals surface area contributed by atoms with Crippen LogP contribution in [-0.2, 0) is 4.84 Å². The quantitative estimate of drug-likeness (QED) is 0.181. The third kappa shape index (κ3) is 17.2. The van der Waals surface area contributed by atoms with E-state index in [0.717, 1.165) is 6.54 Å². The third-order valence-electron chi connectivity index (χ3n) is 5.87. The molecule has 1 aliphatic rings. The van der Waals surface area contributed by atoms with Gasteiger partial charge in [-0.15, -0.1) is 0 Å². The molecule has 2 heteroatoms. The van der Waals surface area contributed by atoms with Crippen molar-refractivity contribution in [1.82, 2.24) is 5.06 Å². The van der Waals surface area contributed by atoms with Crippen LogP contribution < -0.4 is 0 Å². The van der Waals surface area contributed by atoms with Crippen LogP contribution in [0.3, 0.4) is 0 Å². The second kappa shape index (κ2) is 20.8. The molecule has 0 aromatic heterocycles. The van der Waals surface area contributed by atoms with Crippen LogP contribution >= 0.6 is 0 Å². The number of hydrogen-bond acceptors (Lipinski definition) is 2. The summed E-state index contributed by atoms with van der Waals surface area (Å²) in [5, 5.41) is 1.93. The standard InChI is InChI=1S/C26H49NO/c1-2-3-4-5-6-7-8-9-10-11-12-13-14-15-16-17-18-19-20-21-24-27-25-22-23-26-28-27/h22-23,25-26H,2-21,24H2,1H3. The Morgan fingerprint density at radius 3 is 1.25 bits per heavy atom. The van der Waals surface area contributed by atoms with Gasteiger partial charge in [0.15, 0.2) is 0 Å². The van der Waals surface area contributed by atoms with Crippen LogP contribution in [0.2, 0.25) is 0 Å². The lowest BCUT2D eigenvalue weighted by molar-refractivity contribution is -0.0604. The fraction of sp³-hybridized carbons (Fsp3) is 0.846. The van der Waals surface area contributed by atoms with Gasteiger partial charge in [0.1, 0.15) is 6.26 Å². The fourth-order valence-corrected chi connectivity index (χ4v) is 3.99. The molecule has 28 heavy (non-hydrogen) atoms. The molecule has 0 fully saturated rings. The Bertz CT molecular complexity index is 363. The Balaban J connectivity index is 1.65. The summed E-state index contributed by atoms with van der Waals surface area (Å²) in [4.78, 5) is 5.38. The highest BCUT2D eigenvalue weighted by molar-refractivity contribution is 5.01. The Labute approximate surface area is 176 Å². The molecule has 0 N–H and O–H groups in total. The monoisotopic (exact) mass is 391 g/mol. The van der Waals surface area contributed by atoms with Crippen molar-refractivity contribution in [1.29, 1.82) is 0 Å². The molecule has 0 aromatic rings. The van der Waals surface area contributed by atoms with Gasteiger partial charge in [0, 0.05) is 6.20 Å². The second-order valence-electron chi connectivity index (χ2n) is 8.63. The van der Waals surface area contributed by atoms with Crippen molar-refractivity contribution in [2.24, 2.45) is 0 Å².